The molecule has 1 aliphatic heterocycles. The molecule has 0 aliphatic carbocycles. The predicted octanol–water partition coefficient (Wildman–Crippen LogP) is 2.75. The molecule has 1 heterocycles. The van der Waals surface area contributed by atoms with Crippen molar-refractivity contribution in [3.8, 4) is 0 Å². The van der Waals surface area contributed by atoms with E-state index in [4.69, 9.17) is 9.47 Å². The molecular formula is C16H34IN3O2. The van der Waals surface area contributed by atoms with Crippen molar-refractivity contribution in [2.75, 3.05) is 53.1 Å². The monoisotopic (exact) mass is 427 g/mol. The van der Waals surface area contributed by atoms with Gasteiger partial charge in [-0.05, 0) is 18.3 Å². The zero-order valence-electron chi connectivity index (χ0n) is 14.7. The third kappa shape index (κ3) is 9.15. The molecule has 1 N–H and O–H groups in total. The minimum Gasteiger partial charge on any atom is -0.379 e. The number of ether oxygens (including phenoxy) is 2. The molecule has 0 atom stereocenters. The number of aliphatic imine (C=N–C) groups is 1. The second-order valence-corrected chi connectivity index (χ2v) is 6.39. The Labute approximate surface area is 153 Å². The lowest BCUT2D eigenvalue weighted by molar-refractivity contribution is 0.0486. The van der Waals surface area contributed by atoms with Gasteiger partial charge in [-0.25, -0.2) is 0 Å². The number of hydrogen-bond donors (Lipinski definition) is 1. The highest BCUT2D eigenvalue weighted by Crippen LogP contribution is 2.28. The van der Waals surface area contributed by atoms with Gasteiger partial charge in [-0.3, -0.25) is 4.99 Å². The minimum atomic E-state index is 0. The minimum absolute atomic E-state index is 0. The maximum atomic E-state index is 5.55. The number of likely N-dealkylation sites (tertiary alicyclic amines) is 1. The standard InChI is InChI=1S/C16H33N3O2.HI/c1-5-6-10-20-12-13-21-11-8-18-15(17-4)19-9-7-16(2,3)14-19;/h5-14H2,1-4H3,(H,17,18);1H. The summed E-state index contributed by atoms with van der Waals surface area (Å²) in [7, 11) is 1.84. The van der Waals surface area contributed by atoms with Crippen molar-refractivity contribution in [3.05, 3.63) is 0 Å². The van der Waals surface area contributed by atoms with Crippen LogP contribution in [0, 0.1) is 5.41 Å². The topological polar surface area (TPSA) is 46.1 Å². The summed E-state index contributed by atoms with van der Waals surface area (Å²) in [6.45, 7) is 12.6. The van der Waals surface area contributed by atoms with Crippen LogP contribution in [0.1, 0.15) is 40.0 Å². The second-order valence-electron chi connectivity index (χ2n) is 6.39. The molecule has 0 aromatic carbocycles. The van der Waals surface area contributed by atoms with Gasteiger partial charge in [-0.1, -0.05) is 27.2 Å². The first-order valence-corrected chi connectivity index (χ1v) is 8.20. The van der Waals surface area contributed by atoms with Gasteiger partial charge in [0, 0.05) is 33.3 Å². The summed E-state index contributed by atoms with van der Waals surface area (Å²) in [4.78, 5) is 6.68. The Morgan fingerprint density at radius 2 is 1.86 bits per heavy atom. The molecule has 22 heavy (non-hydrogen) atoms. The molecule has 0 spiro atoms. The first-order chi connectivity index (χ1) is 10.1. The Hall–Kier alpha value is -0.0800. The van der Waals surface area contributed by atoms with Crippen LogP contribution in [0.2, 0.25) is 0 Å². The first-order valence-electron chi connectivity index (χ1n) is 8.20. The van der Waals surface area contributed by atoms with E-state index in [0.29, 0.717) is 25.2 Å². The molecule has 1 saturated heterocycles. The van der Waals surface area contributed by atoms with E-state index < -0.39 is 0 Å². The van der Waals surface area contributed by atoms with Crippen molar-refractivity contribution in [1.82, 2.24) is 10.2 Å². The van der Waals surface area contributed by atoms with E-state index in [1.165, 1.54) is 12.8 Å². The van der Waals surface area contributed by atoms with E-state index in [0.717, 1.165) is 38.6 Å². The molecule has 0 unspecified atom stereocenters. The normalized spacial score (nSPS) is 17.5. The highest BCUT2D eigenvalue weighted by Gasteiger charge is 2.30. The fraction of sp³-hybridized carbons (Fsp3) is 0.938. The van der Waals surface area contributed by atoms with E-state index in [1.807, 2.05) is 7.05 Å². The van der Waals surface area contributed by atoms with Gasteiger partial charge in [-0.2, -0.15) is 0 Å². The molecule has 0 saturated carbocycles. The summed E-state index contributed by atoms with van der Waals surface area (Å²) in [6, 6.07) is 0. The highest BCUT2D eigenvalue weighted by atomic mass is 127. The largest absolute Gasteiger partial charge is 0.379 e. The lowest BCUT2D eigenvalue weighted by atomic mass is 9.93. The number of rotatable bonds is 9. The first kappa shape index (κ1) is 21.9. The molecule has 132 valence electrons. The van der Waals surface area contributed by atoms with Gasteiger partial charge in [0.1, 0.15) is 0 Å². The lowest BCUT2D eigenvalue weighted by Crippen LogP contribution is -2.42. The maximum absolute atomic E-state index is 5.55. The summed E-state index contributed by atoms with van der Waals surface area (Å²) in [5, 5.41) is 3.37. The Balaban J connectivity index is 0.00000441. The van der Waals surface area contributed by atoms with Crippen LogP contribution in [0.5, 0.6) is 0 Å². The molecule has 0 aromatic heterocycles. The van der Waals surface area contributed by atoms with Gasteiger partial charge >= 0.3 is 0 Å². The van der Waals surface area contributed by atoms with Crippen LogP contribution in [0.4, 0.5) is 0 Å². The van der Waals surface area contributed by atoms with Crippen molar-refractivity contribution in [1.29, 1.82) is 0 Å². The number of halogens is 1. The van der Waals surface area contributed by atoms with Crippen molar-refractivity contribution >= 4 is 29.9 Å². The zero-order valence-corrected chi connectivity index (χ0v) is 17.0. The van der Waals surface area contributed by atoms with Crippen LogP contribution >= 0.6 is 24.0 Å². The molecule has 0 bridgehead atoms. The van der Waals surface area contributed by atoms with Crippen LogP contribution in [-0.2, 0) is 9.47 Å². The Bertz CT molecular complexity index is 312. The smallest absolute Gasteiger partial charge is 0.193 e. The summed E-state index contributed by atoms with van der Waals surface area (Å²) >= 11 is 0. The predicted molar refractivity (Wildman–Crippen MR) is 103 cm³/mol. The molecule has 1 rings (SSSR count). The number of guanidine groups is 1. The van der Waals surface area contributed by atoms with Gasteiger partial charge in [0.05, 0.1) is 19.8 Å². The average molecular weight is 427 g/mol. The van der Waals surface area contributed by atoms with E-state index in [1.54, 1.807) is 0 Å². The molecule has 0 amide bonds. The summed E-state index contributed by atoms with van der Waals surface area (Å²) in [5.41, 5.74) is 0.393. The Morgan fingerprint density at radius 1 is 1.18 bits per heavy atom. The van der Waals surface area contributed by atoms with Crippen LogP contribution < -0.4 is 5.32 Å². The fourth-order valence-electron chi connectivity index (χ4n) is 2.43. The molecule has 1 aliphatic rings. The van der Waals surface area contributed by atoms with Crippen LogP contribution in [-0.4, -0.2) is 64.0 Å². The third-order valence-electron chi connectivity index (χ3n) is 3.73. The van der Waals surface area contributed by atoms with Crippen LogP contribution in [0.25, 0.3) is 0 Å². The van der Waals surface area contributed by atoms with Gasteiger partial charge in [0.2, 0.25) is 0 Å². The molecule has 0 aromatic rings. The van der Waals surface area contributed by atoms with E-state index in [2.05, 4.69) is 36.0 Å². The SMILES string of the molecule is CCCCOCCOCCNC(=NC)N1CCC(C)(C)C1.I. The molecule has 5 nitrogen and oxygen atoms in total. The van der Waals surface area contributed by atoms with E-state index in [9.17, 15) is 0 Å². The van der Waals surface area contributed by atoms with Gasteiger partial charge in [-0.15, -0.1) is 24.0 Å². The lowest BCUT2D eigenvalue weighted by Gasteiger charge is -2.23. The average Bonchev–Trinajstić information content (AvgIpc) is 2.81. The number of hydrogen-bond acceptors (Lipinski definition) is 3. The van der Waals surface area contributed by atoms with Crippen LogP contribution in [0.15, 0.2) is 4.99 Å². The molecule has 1 fully saturated rings. The number of nitrogens with one attached hydrogen (secondary N) is 1. The van der Waals surface area contributed by atoms with Crippen molar-refractivity contribution in [2.45, 2.75) is 40.0 Å². The van der Waals surface area contributed by atoms with Gasteiger partial charge in [0.15, 0.2) is 5.96 Å². The summed E-state index contributed by atoms with van der Waals surface area (Å²) in [6.07, 6.45) is 3.53. The number of nitrogens with zero attached hydrogens (tertiary/aromatic N) is 2. The molecule has 6 heteroatoms. The maximum Gasteiger partial charge on any atom is 0.193 e. The fourth-order valence-corrected chi connectivity index (χ4v) is 2.43. The highest BCUT2D eigenvalue weighted by molar-refractivity contribution is 14.0. The Morgan fingerprint density at radius 3 is 2.41 bits per heavy atom. The quantitative estimate of drug-likeness (QED) is 0.266. The van der Waals surface area contributed by atoms with E-state index in [-0.39, 0.29) is 24.0 Å². The Kier molecular flexibility index (Phi) is 12.3. The molecular weight excluding hydrogens is 393 g/mol. The van der Waals surface area contributed by atoms with Gasteiger partial charge in [0.25, 0.3) is 0 Å². The summed E-state index contributed by atoms with van der Waals surface area (Å²) < 4.78 is 11.0. The molecule has 0 radical (unpaired) electrons. The number of unbranched alkanes of at least 4 members (excludes halogenated alkanes) is 1. The second kappa shape index (κ2) is 12.4. The van der Waals surface area contributed by atoms with E-state index >= 15 is 0 Å². The third-order valence-corrected chi connectivity index (χ3v) is 3.73. The zero-order chi connectivity index (χ0) is 15.6. The van der Waals surface area contributed by atoms with Crippen LogP contribution in [0.3, 0.4) is 0 Å². The van der Waals surface area contributed by atoms with Crippen molar-refractivity contribution in [2.24, 2.45) is 10.4 Å². The van der Waals surface area contributed by atoms with Gasteiger partial charge < -0.3 is 19.7 Å². The van der Waals surface area contributed by atoms with Crippen molar-refractivity contribution < 1.29 is 9.47 Å². The van der Waals surface area contributed by atoms with Crippen molar-refractivity contribution in [3.63, 3.8) is 0 Å². The summed E-state index contributed by atoms with van der Waals surface area (Å²) in [5.74, 6) is 0.989.